The van der Waals surface area contributed by atoms with Gasteiger partial charge in [0.15, 0.2) is 0 Å². The van der Waals surface area contributed by atoms with Crippen LogP contribution < -0.4 is 0 Å². The molecule has 0 bridgehead atoms. The molecule has 1 aromatic rings. The molecule has 0 radical (unpaired) electrons. The number of carboxylic acids is 1. The highest BCUT2D eigenvalue weighted by atomic mass is 16.4. The maximum atomic E-state index is 10.9. The molecule has 86 valence electrons. The molecule has 0 aliphatic heterocycles. The molecule has 3 nitrogen and oxygen atoms in total. The van der Waals surface area contributed by atoms with Gasteiger partial charge < -0.3 is 10.2 Å². The van der Waals surface area contributed by atoms with Crippen molar-refractivity contribution >= 4 is 5.97 Å². The second kappa shape index (κ2) is 3.59. The van der Waals surface area contributed by atoms with Gasteiger partial charge in [-0.1, -0.05) is 0 Å². The van der Waals surface area contributed by atoms with Gasteiger partial charge in [-0.25, -0.2) is 4.79 Å². The van der Waals surface area contributed by atoms with E-state index in [1.54, 1.807) is 12.1 Å². The Balaban J connectivity index is 2.38. The Hall–Kier alpha value is -1.35. The lowest BCUT2D eigenvalue weighted by Crippen LogP contribution is -2.13. The molecule has 0 heterocycles. The third kappa shape index (κ3) is 2.09. The molecule has 0 spiro atoms. The van der Waals surface area contributed by atoms with E-state index in [4.69, 9.17) is 5.11 Å². The zero-order chi connectivity index (χ0) is 11.9. The molecule has 1 fully saturated rings. The molecule has 0 unspecified atom stereocenters. The summed E-state index contributed by atoms with van der Waals surface area (Å²) in [5.74, 6) is -0.910. The van der Waals surface area contributed by atoms with Gasteiger partial charge in [0.25, 0.3) is 0 Å². The topological polar surface area (TPSA) is 57.5 Å². The Labute approximate surface area is 94.7 Å². The maximum absolute atomic E-state index is 10.9. The van der Waals surface area contributed by atoms with Gasteiger partial charge in [0, 0.05) is 6.42 Å². The smallest absolute Gasteiger partial charge is 0.335 e. The Morgan fingerprint density at radius 3 is 2.50 bits per heavy atom. The van der Waals surface area contributed by atoms with Crippen molar-refractivity contribution in [2.75, 3.05) is 0 Å². The molecular weight excluding hydrogens is 204 g/mol. The van der Waals surface area contributed by atoms with Crippen LogP contribution in [0.25, 0.3) is 0 Å². The number of hydrogen-bond acceptors (Lipinski definition) is 2. The van der Waals surface area contributed by atoms with Crippen LogP contribution in [0, 0.1) is 13.8 Å². The normalized spacial score (nSPS) is 17.2. The van der Waals surface area contributed by atoms with E-state index in [0.717, 1.165) is 29.5 Å². The summed E-state index contributed by atoms with van der Waals surface area (Å²) in [7, 11) is 0. The molecule has 1 aliphatic rings. The van der Waals surface area contributed by atoms with Crippen LogP contribution in [0.2, 0.25) is 0 Å². The first-order valence-corrected chi connectivity index (χ1v) is 5.47. The van der Waals surface area contributed by atoms with Crippen LogP contribution >= 0.6 is 0 Å². The number of rotatable bonds is 3. The number of aliphatic hydroxyl groups is 1. The van der Waals surface area contributed by atoms with E-state index < -0.39 is 11.6 Å². The van der Waals surface area contributed by atoms with Gasteiger partial charge in [0.2, 0.25) is 0 Å². The number of aromatic carboxylic acids is 1. The van der Waals surface area contributed by atoms with E-state index in [1.165, 1.54) is 0 Å². The Morgan fingerprint density at radius 1 is 1.38 bits per heavy atom. The molecule has 0 aromatic heterocycles. The molecule has 16 heavy (non-hydrogen) atoms. The highest BCUT2D eigenvalue weighted by Crippen LogP contribution is 2.39. The quantitative estimate of drug-likeness (QED) is 0.819. The van der Waals surface area contributed by atoms with E-state index in [0.29, 0.717) is 12.0 Å². The highest BCUT2D eigenvalue weighted by Gasteiger charge is 2.40. The van der Waals surface area contributed by atoms with E-state index in [1.807, 2.05) is 13.8 Å². The fourth-order valence-electron chi connectivity index (χ4n) is 1.92. The second-order valence-electron chi connectivity index (χ2n) is 4.78. The number of hydrogen-bond donors (Lipinski definition) is 2. The predicted molar refractivity (Wildman–Crippen MR) is 60.8 cm³/mol. The van der Waals surface area contributed by atoms with Gasteiger partial charge in [-0.05, 0) is 55.5 Å². The van der Waals surface area contributed by atoms with Crippen molar-refractivity contribution in [2.45, 2.75) is 38.7 Å². The third-order valence-electron chi connectivity index (χ3n) is 3.37. The predicted octanol–water partition coefficient (Wildman–Crippen LogP) is 2.07. The van der Waals surface area contributed by atoms with Crippen molar-refractivity contribution in [3.8, 4) is 0 Å². The van der Waals surface area contributed by atoms with Crippen molar-refractivity contribution < 1.29 is 15.0 Å². The van der Waals surface area contributed by atoms with Crippen LogP contribution in [0.1, 0.15) is 39.9 Å². The summed E-state index contributed by atoms with van der Waals surface area (Å²) in [6.45, 7) is 3.88. The van der Waals surface area contributed by atoms with Crippen molar-refractivity contribution in [2.24, 2.45) is 0 Å². The van der Waals surface area contributed by atoms with Crippen LogP contribution in [0.5, 0.6) is 0 Å². The minimum atomic E-state index is -0.910. The Morgan fingerprint density at radius 2 is 2.00 bits per heavy atom. The average molecular weight is 220 g/mol. The molecule has 3 heteroatoms. The summed E-state index contributed by atoms with van der Waals surface area (Å²) >= 11 is 0. The molecule has 1 aliphatic carbocycles. The number of carboxylic acid groups (broad SMARTS) is 1. The fourth-order valence-corrected chi connectivity index (χ4v) is 1.92. The van der Waals surface area contributed by atoms with E-state index in [9.17, 15) is 9.90 Å². The first-order chi connectivity index (χ1) is 7.41. The van der Waals surface area contributed by atoms with Gasteiger partial charge in [0.05, 0.1) is 11.2 Å². The zero-order valence-electron chi connectivity index (χ0n) is 9.58. The van der Waals surface area contributed by atoms with Crippen LogP contribution in [-0.2, 0) is 6.42 Å². The Bertz CT molecular complexity index is 445. The summed E-state index contributed by atoms with van der Waals surface area (Å²) in [5.41, 5.74) is 2.75. The molecule has 2 rings (SSSR count). The molecule has 0 atom stereocenters. The summed E-state index contributed by atoms with van der Waals surface area (Å²) in [6.07, 6.45) is 2.21. The van der Waals surface area contributed by atoms with E-state index in [-0.39, 0.29) is 0 Å². The van der Waals surface area contributed by atoms with Gasteiger partial charge in [-0.3, -0.25) is 0 Å². The van der Waals surface area contributed by atoms with Crippen LogP contribution in [0.3, 0.4) is 0 Å². The van der Waals surface area contributed by atoms with Crippen LogP contribution in [0.4, 0.5) is 0 Å². The van der Waals surface area contributed by atoms with Gasteiger partial charge in [-0.2, -0.15) is 0 Å². The SMILES string of the molecule is Cc1cc(C(=O)O)cc(CC2(O)CC2)c1C. The monoisotopic (exact) mass is 220 g/mol. The molecular formula is C13H16O3. The van der Waals surface area contributed by atoms with Gasteiger partial charge in [-0.15, -0.1) is 0 Å². The fraction of sp³-hybridized carbons (Fsp3) is 0.462. The lowest BCUT2D eigenvalue weighted by atomic mass is 9.95. The molecule has 1 aromatic carbocycles. The standard InChI is InChI=1S/C13H16O3/c1-8-5-10(12(14)15)6-11(9(8)2)7-13(16)3-4-13/h5-6,16H,3-4,7H2,1-2H3,(H,14,15). The highest BCUT2D eigenvalue weighted by molar-refractivity contribution is 5.88. The lowest BCUT2D eigenvalue weighted by molar-refractivity contribution is 0.0696. The summed E-state index contributed by atoms with van der Waals surface area (Å²) in [4.78, 5) is 10.9. The molecule has 1 saturated carbocycles. The van der Waals surface area contributed by atoms with Crippen LogP contribution in [-0.4, -0.2) is 21.8 Å². The van der Waals surface area contributed by atoms with Gasteiger partial charge in [0.1, 0.15) is 0 Å². The first kappa shape index (κ1) is 11.1. The summed E-state index contributed by atoms with van der Waals surface area (Å²) in [6, 6.07) is 3.36. The minimum absolute atomic E-state index is 0.308. The maximum Gasteiger partial charge on any atom is 0.335 e. The number of aryl methyl sites for hydroxylation is 1. The minimum Gasteiger partial charge on any atom is -0.478 e. The van der Waals surface area contributed by atoms with Crippen LogP contribution in [0.15, 0.2) is 12.1 Å². The summed E-state index contributed by atoms with van der Waals surface area (Å²) in [5, 5.41) is 18.9. The number of benzene rings is 1. The molecule has 0 saturated heterocycles. The molecule has 0 amide bonds. The summed E-state index contributed by atoms with van der Waals surface area (Å²) < 4.78 is 0. The van der Waals surface area contributed by atoms with Crippen molar-refractivity contribution in [1.29, 1.82) is 0 Å². The van der Waals surface area contributed by atoms with E-state index >= 15 is 0 Å². The van der Waals surface area contributed by atoms with Gasteiger partial charge >= 0.3 is 5.97 Å². The molecule has 2 N–H and O–H groups in total. The third-order valence-corrected chi connectivity index (χ3v) is 3.37. The van der Waals surface area contributed by atoms with Crippen molar-refractivity contribution in [1.82, 2.24) is 0 Å². The zero-order valence-corrected chi connectivity index (χ0v) is 9.58. The largest absolute Gasteiger partial charge is 0.478 e. The second-order valence-corrected chi connectivity index (χ2v) is 4.78. The Kier molecular flexibility index (Phi) is 2.50. The number of carbonyl (C=O) groups is 1. The van der Waals surface area contributed by atoms with E-state index in [2.05, 4.69) is 0 Å². The first-order valence-electron chi connectivity index (χ1n) is 5.47. The lowest BCUT2D eigenvalue weighted by Gasteiger charge is -2.13. The van der Waals surface area contributed by atoms with Crippen molar-refractivity contribution in [3.63, 3.8) is 0 Å². The van der Waals surface area contributed by atoms with Crippen molar-refractivity contribution in [3.05, 3.63) is 34.4 Å². The average Bonchev–Trinajstić information content (AvgIpc) is 2.91.